The zero-order chi connectivity index (χ0) is 22.2. The number of carbonyl (C=O) groups is 2. The maximum absolute atomic E-state index is 12.4. The third kappa shape index (κ3) is 6.79. The highest BCUT2D eigenvalue weighted by Gasteiger charge is 2.11. The summed E-state index contributed by atoms with van der Waals surface area (Å²) in [5.41, 5.74) is 5.52. The van der Waals surface area contributed by atoms with Crippen LogP contribution in [0.2, 0.25) is 0 Å². The highest BCUT2D eigenvalue weighted by molar-refractivity contribution is 9.10. The average Bonchev–Trinajstić information content (AvgIpc) is 2.75. The summed E-state index contributed by atoms with van der Waals surface area (Å²) < 4.78 is 11.7. The van der Waals surface area contributed by atoms with Gasteiger partial charge in [-0.05, 0) is 56.3 Å². The number of rotatable bonds is 7. The van der Waals surface area contributed by atoms with Crippen molar-refractivity contribution in [1.82, 2.24) is 5.43 Å². The Bertz CT molecular complexity index is 1090. The second-order valence-corrected chi connectivity index (χ2v) is 7.75. The molecule has 1 N–H and O–H groups in total. The van der Waals surface area contributed by atoms with Gasteiger partial charge in [-0.1, -0.05) is 51.3 Å². The minimum atomic E-state index is -0.479. The SMILES string of the molecule is Cc1ccc(OCC(=O)NN=Cc2cc(Br)ccc2OC(=O)c2ccc(C)cc2)cc1. The van der Waals surface area contributed by atoms with Crippen LogP contribution in [0.5, 0.6) is 11.5 Å². The number of aryl methyl sites for hydroxylation is 2. The predicted molar refractivity (Wildman–Crippen MR) is 123 cm³/mol. The molecule has 158 valence electrons. The lowest BCUT2D eigenvalue weighted by molar-refractivity contribution is -0.123. The molecule has 3 aromatic rings. The van der Waals surface area contributed by atoms with E-state index in [1.54, 1.807) is 42.5 Å². The zero-order valence-electron chi connectivity index (χ0n) is 17.1. The van der Waals surface area contributed by atoms with Gasteiger partial charge in [-0.2, -0.15) is 5.10 Å². The van der Waals surface area contributed by atoms with Crippen molar-refractivity contribution >= 4 is 34.0 Å². The van der Waals surface area contributed by atoms with Crippen molar-refractivity contribution in [3.63, 3.8) is 0 Å². The molecule has 6 nitrogen and oxygen atoms in total. The van der Waals surface area contributed by atoms with Gasteiger partial charge in [-0.3, -0.25) is 4.79 Å². The standard InChI is InChI=1S/C24H21BrN2O4/c1-16-3-7-18(8-4-16)24(29)31-22-12-9-20(25)13-19(22)14-26-27-23(28)15-30-21-10-5-17(2)6-11-21/h3-14H,15H2,1-2H3,(H,27,28). The summed E-state index contributed by atoms with van der Waals surface area (Å²) in [5, 5.41) is 3.94. The molecule has 0 aliphatic heterocycles. The van der Waals surface area contributed by atoms with E-state index in [9.17, 15) is 9.59 Å². The molecule has 0 aromatic heterocycles. The van der Waals surface area contributed by atoms with Crippen molar-refractivity contribution in [3.05, 3.63) is 93.5 Å². The highest BCUT2D eigenvalue weighted by Crippen LogP contribution is 2.23. The Balaban J connectivity index is 1.61. The summed E-state index contributed by atoms with van der Waals surface area (Å²) in [6, 6.07) is 19.6. The van der Waals surface area contributed by atoms with Gasteiger partial charge >= 0.3 is 5.97 Å². The van der Waals surface area contributed by atoms with Crippen LogP contribution in [-0.4, -0.2) is 24.7 Å². The molecule has 3 rings (SSSR count). The number of carbonyl (C=O) groups excluding carboxylic acids is 2. The number of hydrazone groups is 1. The first-order valence-electron chi connectivity index (χ1n) is 9.50. The highest BCUT2D eigenvalue weighted by atomic mass is 79.9. The van der Waals surface area contributed by atoms with E-state index in [-0.39, 0.29) is 6.61 Å². The van der Waals surface area contributed by atoms with E-state index >= 15 is 0 Å². The van der Waals surface area contributed by atoms with E-state index in [4.69, 9.17) is 9.47 Å². The molecule has 0 atom stereocenters. The van der Waals surface area contributed by atoms with Crippen LogP contribution in [0.25, 0.3) is 0 Å². The Kier molecular flexibility index (Phi) is 7.56. The Morgan fingerprint density at radius 2 is 1.61 bits per heavy atom. The van der Waals surface area contributed by atoms with Crippen LogP contribution in [0, 0.1) is 13.8 Å². The van der Waals surface area contributed by atoms with Gasteiger partial charge in [0, 0.05) is 10.0 Å². The molecule has 0 aliphatic rings. The molecule has 0 fully saturated rings. The molecule has 7 heteroatoms. The first-order chi connectivity index (χ1) is 14.9. The quantitative estimate of drug-likeness (QED) is 0.227. The van der Waals surface area contributed by atoms with E-state index in [2.05, 4.69) is 26.5 Å². The number of ether oxygens (including phenoxy) is 2. The number of halogens is 1. The Morgan fingerprint density at radius 1 is 0.968 bits per heavy atom. The van der Waals surface area contributed by atoms with Crippen LogP contribution in [0.1, 0.15) is 27.0 Å². The van der Waals surface area contributed by atoms with Crippen LogP contribution in [-0.2, 0) is 4.79 Å². The summed E-state index contributed by atoms with van der Waals surface area (Å²) in [4.78, 5) is 24.4. The lowest BCUT2D eigenvalue weighted by Gasteiger charge is -2.08. The summed E-state index contributed by atoms with van der Waals surface area (Å²) in [5.74, 6) is 0.0298. The van der Waals surface area contributed by atoms with Crippen LogP contribution in [0.3, 0.4) is 0 Å². The topological polar surface area (TPSA) is 77.0 Å². The van der Waals surface area contributed by atoms with Gasteiger partial charge in [0.15, 0.2) is 6.61 Å². The molecular formula is C24H21BrN2O4. The van der Waals surface area contributed by atoms with E-state index in [1.165, 1.54) is 6.21 Å². The predicted octanol–water partition coefficient (Wildman–Crippen LogP) is 4.81. The fraction of sp³-hybridized carbons (Fsp3) is 0.125. The second-order valence-electron chi connectivity index (χ2n) is 6.83. The summed E-state index contributed by atoms with van der Waals surface area (Å²) >= 11 is 3.38. The smallest absolute Gasteiger partial charge is 0.343 e. The molecule has 0 unspecified atom stereocenters. The van der Waals surface area contributed by atoms with Gasteiger partial charge in [0.2, 0.25) is 0 Å². The maximum Gasteiger partial charge on any atom is 0.343 e. The van der Waals surface area contributed by atoms with E-state index in [0.717, 1.165) is 15.6 Å². The van der Waals surface area contributed by atoms with E-state index in [0.29, 0.717) is 22.6 Å². The molecule has 0 heterocycles. The van der Waals surface area contributed by atoms with Gasteiger partial charge < -0.3 is 9.47 Å². The monoisotopic (exact) mass is 480 g/mol. The molecule has 0 aliphatic carbocycles. The third-order valence-corrected chi connectivity index (χ3v) is 4.74. The minimum Gasteiger partial charge on any atom is -0.484 e. The molecule has 0 radical (unpaired) electrons. The van der Waals surface area contributed by atoms with Crippen LogP contribution >= 0.6 is 15.9 Å². The minimum absolute atomic E-state index is 0.172. The second kappa shape index (κ2) is 10.5. The van der Waals surface area contributed by atoms with Crippen molar-refractivity contribution in [2.45, 2.75) is 13.8 Å². The van der Waals surface area contributed by atoms with Crippen LogP contribution in [0.15, 0.2) is 76.3 Å². The van der Waals surface area contributed by atoms with Crippen molar-refractivity contribution < 1.29 is 19.1 Å². The summed E-state index contributed by atoms with van der Waals surface area (Å²) in [7, 11) is 0. The molecule has 0 saturated heterocycles. The number of hydrogen-bond donors (Lipinski definition) is 1. The molecule has 0 spiro atoms. The summed E-state index contributed by atoms with van der Waals surface area (Å²) in [6.07, 6.45) is 1.41. The number of nitrogens with zero attached hydrogens (tertiary/aromatic N) is 1. The number of amides is 1. The first kappa shape index (κ1) is 22.2. The Labute approximate surface area is 189 Å². The first-order valence-corrected chi connectivity index (χ1v) is 10.3. The fourth-order valence-corrected chi connectivity index (χ4v) is 2.93. The number of benzene rings is 3. The lowest BCUT2D eigenvalue weighted by atomic mass is 10.1. The largest absolute Gasteiger partial charge is 0.484 e. The van der Waals surface area contributed by atoms with E-state index in [1.807, 2.05) is 38.1 Å². The maximum atomic E-state index is 12.4. The zero-order valence-corrected chi connectivity index (χ0v) is 18.7. The molecule has 31 heavy (non-hydrogen) atoms. The van der Waals surface area contributed by atoms with E-state index < -0.39 is 11.9 Å². The van der Waals surface area contributed by atoms with Gasteiger partial charge in [0.1, 0.15) is 11.5 Å². The number of nitrogens with one attached hydrogen (secondary N) is 1. The normalized spacial score (nSPS) is 10.7. The number of esters is 1. The Morgan fingerprint density at radius 3 is 2.29 bits per heavy atom. The molecule has 0 bridgehead atoms. The fourth-order valence-electron chi connectivity index (χ4n) is 2.55. The van der Waals surface area contributed by atoms with Crippen LogP contribution < -0.4 is 14.9 Å². The van der Waals surface area contributed by atoms with Gasteiger partial charge in [-0.15, -0.1) is 0 Å². The van der Waals surface area contributed by atoms with Gasteiger partial charge in [0.25, 0.3) is 5.91 Å². The molecule has 3 aromatic carbocycles. The third-order valence-electron chi connectivity index (χ3n) is 4.25. The molecule has 0 saturated carbocycles. The molecule has 1 amide bonds. The van der Waals surface area contributed by atoms with Crippen LogP contribution in [0.4, 0.5) is 0 Å². The van der Waals surface area contributed by atoms with Crippen molar-refractivity contribution in [2.24, 2.45) is 5.10 Å². The van der Waals surface area contributed by atoms with Crippen molar-refractivity contribution in [3.8, 4) is 11.5 Å². The van der Waals surface area contributed by atoms with Crippen molar-refractivity contribution in [2.75, 3.05) is 6.61 Å². The van der Waals surface area contributed by atoms with Gasteiger partial charge in [0.05, 0.1) is 11.8 Å². The summed E-state index contributed by atoms with van der Waals surface area (Å²) in [6.45, 7) is 3.74. The van der Waals surface area contributed by atoms with Crippen molar-refractivity contribution in [1.29, 1.82) is 0 Å². The van der Waals surface area contributed by atoms with Gasteiger partial charge in [-0.25, -0.2) is 10.2 Å². The lowest BCUT2D eigenvalue weighted by Crippen LogP contribution is -2.24. The Hall–Kier alpha value is -3.45. The molecular weight excluding hydrogens is 460 g/mol. The number of hydrogen-bond acceptors (Lipinski definition) is 5. The average molecular weight is 481 g/mol.